The summed E-state index contributed by atoms with van der Waals surface area (Å²) in [5, 5.41) is 13.4. The number of aryl methyl sites for hydroxylation is 1. The van der Waals surface area contributed by atoms with Gasteiger partial charge in [0.15, 0.2) is 0 Å². The Morgan fingerprint density at radius 2 is 2.54 bits per heavy atom. The van der Waals surface area contributed by atoms with E-state index in [0.717, 1.165) is 25.8 Å². The van der Waals surface area contributed by atoms with Gasteiger partial charge >= 0.3 is 0 Å². The van der Waals surface area contributed by atoms with E-state index in [1.165, 1.54) is 11.3 Å². The van der Waals surface area contributed by atoms with Crippen LogP contribution in [-0.2, 0) is 19.4 Å². The molecule has 0 saturated heterocycles. The number of hydrogen-bond donors (Lipinski definition) is 1. The normalized spacial score (nSPS) is 21.5. The van der Waals surface area contributed by atoms with Crippen molar-refractivity contribution in [3.63, 3.8) is 0 Å². The lowest BCUT2D eigenvalue weighted by atomic mass is 9.88. The molecule has 1 N–H and O–H groups in total. The van der Waals surface area contributed by atoms with E-state index in [0.29, 0.717) is 12.5 Å². The van der Waals surface area contributed by atoms with E-state index in [1.54, 1.807) is 0 Å². The van der Waals surface area contributed by atoms with E-state index >= 15 is 0 Å². The van der Waals surface area contributed by atoms with Gasteiger partial charge in [0, 0.05) is 18.8 Å². The maximum Gasteiger partial charge on any atom is 0.0524 e. The lowest BCUT2D eigenvalue weighted by molar-refractivity contribution is 0.212. The SMILES string of the molecule is CCn1ncc2c1CC[C@@H](CO)C2. The molecular weight excluding hydrogens is 164 g/mol. The maximum absolute atomic E-state index is 9.05. The van der Waals surface area contributed by atoms with Gasteiger partial charge in [-0.05, 0) is 37.7 Å². The van der Waals surface area contributed by atoms with Crippen molar-refractivity contribution < 1.29 is 5.11 Å². The number of aromatic nitrogens is 2. The monoisotopic (exact) mass is 180 g/mol. The molecule has 1 aromatic rings. The standard InChI is InChI=1S/C10H16N2O/c1-2-12-10-4-3-8(7-13)5-9(10)6-11-12/h6,8,13H,2-5,7H2,1H3/t8-/m1/s1. The van der Waals surface area contributed by atoms with E-state index in [1.807, 2.05) is 6.20 Å². The zero-order valence-corrected chi connectivity index (χ0v) is 8.03. The van der Waals surface area contributed by atoms with Gasteiger partial charge in [0.2, 0.25) is 0 Å². The Hall–Kier alpha value is -0.830. The van der Waals surface area contributed by atoms with Gasteiger partial charge in [-0.3, -0.25) is 4.68 Å². The van der Waals surface area contributed by atoms with Crippen LogP contribution in [0.5, 0.6) is 0 Å². The first kappa shape index (κ1) is 8.75. The van der Waals surface area contributed by atoms with Crippen molar-refractivity contribution in [3.8, 4) is 0 Å². The molecule has 1 atom stereocenters. The lowest BCUT2D eigenvalue weighted by Crippen LogP contribution is -2.18. The average molecular weight is 180 g/mol. The molecule has 0 radical (unpaired) electrons. The summed E-state index contributed by atoms with van der Waals surface area (Å²) < 4.78 is 2.07. The first-order valence-electron chi connectivity index (χ1n) is 4.99. The minimum atomic E-state index is 0.316. The summed E-state index contributed by atoms with van der Waals surface area (Å²) in [4.78, 5) is 0. The number of nitrogens with zero attached hydrogens (tertiary/aromatic N) is 2. The minimum absolute atomic E-state index is 0.316. The van der Waals surface area contributed by atoms with Gasteiger partial charge in [0.05, 0.1) is 6.20 Å². The van der Waals surface area contributed by atoms with Crippen molar-refractivity contribution in [2.24, 2.45) is 5.92 Å². The summed E-state index contributed by atoms with van der Waals surface area (Å²) in [6, 6.07) is 0. The van der Waals surface area contributed by atoms with Crippen LogP contribution in [0.1, 0.15) is 24.6 Å². The van der Waals surface area contributed by atoms with Crippen LogP contribution in [0.2, 0.25) is 0 Å². The molecule has 0 aromatic carbocycles. The molecule has 1 aliphatic carbocycles. The molecule has 0 spiro atoms. The van der Waals surface area contributed by atoms with Gasteiger partial charge in [-0.1, -0.05) is 0 Å². The van der Waals surface area contributed by atoms with Crippen LogP contribution in [0.15, 0.2) is 6.20 Å². The van der Waals surface area contributed by atoms with Crippen molar-refractivity contribution in [3.05, 3.63) is 17.5 Å². The Morgan fingerprint density at radius 3 is 3.23 bits per heavy atom. The fourth-order valence-corrected chi connectivity index (χ4v) is 2.09. The van der Waals surface area contributed by atoms with Crippen LogP contribution < -0.4 is 0 Å². The fraction of sp³-hybridized carbons (Fsp3) is 0.700. The highest BCUT2D eigenvalue weighted by Crippen LogP contribution is 2.24. The fourth-order valence-electron chi connectivity index (χ4n) is 2.09. The first-order valence-corrected chi connectivity index (χ1v) is 4.99. The summed E-state index contributed by atoms with van der Waals surface area (Å²) >= 11 is 0. The van der Waals surface area contributed by atoms with Crippen molar-refractivity contribution in [1.82, 2.24) is 9.78 Å². The topological polar surface area (TPSA) is 38.0 Å². The van der Waals surface area contributed by atoms with Crippen LogP contribution in [0.25, 0.3) is 0 Å². The lowest BCUT2D eigenvalue weighted by Gasteiger charge is -2.20. The van der Waals surface area contributed by atoms with Crippen LogP contribution in [-0.4, -0.2) is 21.5 Å². The molecule has 2 rings (SSSR count). The predicted octanol–water partition coefficient (Wildman–Crippen LogP) is 1.00. The molecule has 3 heteroatoms. The predicted molar refractivity (Wildman–Crippen MR) is 50.5 cm³/mol. The number of hydrogen-bond acceptors (Lipinski definition) is 2. The average Bonchev–Trinajstić information content (AvgIpc) is 2.59. The number of fused-ring (bicyclic) bond motifs is 1. The number of rotatable bonds is 2. The van der Waals surface area contributed by atoms with Crippen molar-refractivity contribution in [2.45, 2.75) is 32.7 Å². The van der Waals surface area contributed by atoms with Crippen LogP contribution >= 0.6 is 0 Å². The number of aliphatic hydroxyl groups excluding tert-OH is 1. The molecule has 0 saturated carbocycles. The third-order valence-corrected chi connectivity index (χ3v) is 2.89. The van der Waals surface area contributed by atoms with Crippen LogP contribution in [0.4, 0.5) is 0 Å². The largest absolute Gasteiger partial charge is 0.396 e. The molecule has 3 nitrogen and oxygen atoms in total. The molecule has 1 aliphatic rings. The van der Waals surface area contributed by atoms with E-state index < -0.39 is 0 Å². The highest BCUT2D eigenvalue weighted by atomic mass is 16.3. The molecule has 13 heavy (non-hydrogen) atoms. The van der Waals surface area contributed by atoms with Crippen molar-refractivity contribution >= 4 is 0 Å². The Labute approximate surface area is 78.4 Å². The second-order valence-corrected chi connectivity index (χ2v) is 3.72. The molecule has 0 aliphatic heterocycles. The molecule has 72 valence electrons. The highest BCUT2D eigenvalue weighted by Gasteiger charge is 2.20. The van der Waals surface area contributed by atoms with E-state index in [2.05, 4.69) is 16.7 Å². The number of aliphatic hydroxyl groups is 1. The zero-order chi connectivity index (χ0) is 9.26. The molecule has 0 amide bonds. The molecule has 1 aromatic heterocycles. The van der Waals surface area contributed by atoms with Gasteiger partial charge in [-0.15, -0.1) is 0 Å². The minimum Gasteiger partial charge on any atom is -0.396 e. The molecule has 0 bridgehead atoms. The molecular formula is C10H16N2O. The summed E-state index contributed by atoms with van der Waals surface area (Å²) in [5.74, 6) is 0.460. The first-order chi connectivity index (χ1) is 6.35. The summed E-state index contributed by atoms with van der Waals surface area (Å²) in [7, 11) is 0. The van der Waals surface area contributed by atoms with Gasteiger partial charge in [-0.25, -0.2) is 0 Å². The molecule has 1 heterocycles. The zero-order valence-electron chi connectivity index (χ0n) is 8.03. The Balaban J connectivity index is 2.22. The van der Waals surface area contributed by atoms with Crippen LogP contribution in [0, 0.1) is 5.92 Å². The molecule has 0 unspecified atom stereocenters. The second kappa shape index (κ2) is 3.50. The third-order valence-electron chi connectivity index (χ3n) is 2.89. The van der Waals surface area contributed by atoms with E-state index in [4.69, 9.17) is 5.11 Å². The maximum atomic E-state index is 9.05. The van der Waals surface area contributed by atoms with Crippen molar-refractivity contribution in [2.75, 3.05) is 6.61 Å². The Bertz CT molecular complexity index is 293. The van der Waals surface area contributed by atoms with Gasteiger partial charge in [-0.2, -0.15) is 5.10 Å². The van der Waals surface area contributed by atoms with Gasteiger partial charge in [0.1, 0.15) is 0 Å². The summed E-state index contributed by atoms with van der Waals surface area (Å²) in [6.45, 7) is 3.39. The Morgan fingerprint density at radius 1 is 1.69 bits per heavy atom. The smallest absolute Gasteiger partial charge is 0.0524 e. The highest BCUT2D eigenvalue weighted by molar-refractivity contribution is 5.21. The molecule has 0 fully saturated rings. The van der Waals surface area contributed by atoms with Gasteiger partial charge < -0.3 is 5.11 Å². The van der Waals surface area contributed by atoms with E-state index in [9.17, 15) is 0 Å². The van der Waals surface area contributed by atoms with Gasteiger partial charge in [0.25, 0.3) is 0 Å². The third kappa shape index (κ3) is 1.48. The summed E-state index contributed by atoms with van der Waals surface area (Å²) in [5.41, 5.74) is 2.72. The van der Waals surface area contributed by atoms with E-state index in [-0.39, 0.29) is 0 Å². The van der Waals surface area contributed by atoms with Crippen LogP contribution in [0.3, 0.4) is 0 Å². The Kier molecular flexibility index (Phi) is 2.36. The second-order valence-electron chi connectivity index (χ2n) is 3.72. The van der Waals surface area contributed by atoms with Crippen molar-refractivity contribution in [1.29, 1.82) is 0 Å². The quantitative estimate of drug-likeness (QED) is 0.737. The summed E-state index contributed by atoms with van der Waals surface area (Å²) in [6.07, 6.45) is 5.15.